The highest BCUT2D eigenvalue weighted by atomic mass is 35.5. The summed E-state index contributed by atoms with van der Waals surface area (Å²) in [5.74, 6) is -0.957. The number of carboxylic acids is 1. The molecule has 0 radical (unpaired) electrons. The van der Waals surface area contributed by atoms with Gasteiger partial charge >= 0.3 is 11.9 Å². The molecule has 9 heteroatoms. The van der Waals surface area contributed by atoms with Crippen molar-refractivity contribution in [3.05, 3.63) is 48.7 Å². The van der Waals surface area contributed by atoms with Crippen molar-refractivity contribution >= 4 is 50.9 Å². The second-order valence-electron chi connectivity index (χ2n) is 5.78. The van der Waals surface area contributed by atoms with Crippen molar-refractivity contribution in [3.63, 3.8) is 0 Å². The fourth-order valence-electron chi connectivity index (χ4n) is 2.73. The number of carboxylic acid groups (broad SMARTS) is 1. The van der Waals surface area contributed by atoms with Crippen LogP contribution in [0, 0.1) is 0 Å². The summed E-state index contributed by atoms with van der Waals surface area (Å²) < 4.78 is 13.2. The number of hydrogen-bond acceptors (Lipinski definition) is 6. The first-order chi connectivity index (χ1) is 13.0. The molecule has 4 rings (SSSR count). The highest BCUT2D eigenvalue weighted by molar-refractivity contribution is 7.23. The molecular weight excluding hydrogens is 404 g/mol. The van der Waals surface area contributed by atoms with Crippen LogP contribution in [-0.4, -0.2) is 33.5 Å². The SMILES string of the molecule is COc1ccc(-c2cn3c(n2)sc2ccc(OC(=O)CC(=O)O)cc23)cc1.Cl. The molecule has 2 heterocycles. The average molecular weight is 419 g/mol. The molecule has 4 aromatic rings. The van der Waals surface area contributed by atoms with Crippen LogP contribution in [-0.2, 0) is 9.59 Å². The van der Waals surface area contributed by atoms with Crippen LogP contribution < -0.4 is 9.47 Å². The van der Waals surface area contributed by atoms with Crippen LogP contribution in [0.25, 0.3) is 26.4 Å². The summed E-state index contributed by atoms with van der Waals surface area (Å²) in [6, 6.07) is 12.8. The smallest absolute Gasteiger partial charge is 0.322 e. The molecular formula is C19H15ClN2O5S. The minimum Gasteiger partial charge on any atom is -0.497 e. The zero-order valence-corrected chi connectivity index (χ0v) is 16.3. The molecule has 2 aromatic carbocycles. The number of methoxy groups -OCH3 is 1. The molecule has 0 amide bonds. The van der Waals surface area contributed by atoms with Crippen LogP contribution in [0.15, 0.2) is 48.7 Å². The van der Waals surface area contributed by atoms with Gasteiger partial charge in [0.15, 0.2) is 4.96 Å². The van der Waals surface area contributed by atoms with Gasteiger partial charge in [0.05, 0.1) is 23.0 Å². The van der Waals surface area contributed by atoms with E-state index in [1.54, 1.807) is 19.2 Å². The fourth-order valence-corrected chi connectivity index (χ4v) is 3.72. The molecule has 0 unspecified atom stereocenters. The predicted octanol–water partition coefficient (Wildman–Crippen LogP) is 4.03. The zero-order chi connectivity index (χ0) is 19.0. The van der Waals surface area contributed by atoms with Crippen LogP contribution >= 0.6 is 23.7 Å². The lowest BCUT2D eigenvalue weighted by molar-refractivity contribution is -0.145. The molecule has 0 aliphatic rings. The number of ether oxygens (including phenoxy) is 2. The van der Waals surface area contributed by atoms with Gasteiger partial charge in [-0.1, -0.05) is 11.3 Å². The summed E-state index contributed by atoms with van der Waals surface area (Å²) in [6.45, 7) is 0. The third-order valence-electron chi connectivity index (χ3n) is 3.98. The monoisotopic (exact) mass is 418 g/mol. The Bertz CT molecular complexity index is 1170. The van der Waals surface area contributed by atoms with Crippen molar-refractivity contribution in [2.24, 2.45) is 0 Å². The number of aromatic nitrogens is 2. The van der Waals surface area contributed by atoms with Crippen LogP contribution in [0.2, 0.25) is 0 Å². The first-order valence-electron chi connectivity index (χ1n) is 8.02. The van der Waals surface area contributed by atoms with E-state index >= 15 is 0 Å². The molecule has 0 bridgehead atoms. The summed E-state index contributed by atoms with van der Waals surface area (Å²) >= 11 is 1.52. The Hall–Kier alpha value is -3.10. The highest BCUT2D eigenvalue weighted by Crippen LogP contribution is 2.32. The van der Waals surface area contributed by atoms with E-state index in [0.717, 1.165) is 32.2 Å². The number of carbonyl (C=O) groups excluding carboxylic acids is 1. The lowest BCUT2D eigenvalue weighted by Crippen LogP contribution is -2.13. The van der Waals surface area contributed by atoms with Gasteiger partial charge in [-0.05, 0) is 36.4 Å². The van der Waals surface area contributed by atoms with Crippen molar-refractivity contribution in [3.8, 4) is 22.8 Å². The molecule has 2 aromatic heterocycles. The summed E-state index contributed by atoms with van der Waals surface area (Å²) in [5, 5.41) is 8.67. The number of fused-ring (bicyclic) bond motifs is 3. The van der Waals surface area contributed by atoms with E-state index in [1.165, 1.54) is 11.3 Å². The number of thiazole rings is 1. The number of hydrogen-bond donors (Lipinski definition) is 1. The Morgan fingerprint density at radius 3 is 2.54 bits per heavy atom. The van der Waals surface area contributed by atoms with E-state index in [2.05, 4.69) is 4.98 Å². The molecule has 0 fully saturated rings. The van der Waals surface area contributed by atoms with Gasteiger partial charge in [-0.15, -0.1) is 12.4 Å². The number of esters is 1. The first-order valence-corrected chi connectivity index (χ1v) is 8.84. The standard InChI is InChI=1S/C19H14N2O5S.ClH/c1-25-12-4-2-11(3-5-12)14-10-21-15-8-13(26-18(24)9-17(22)23)6-7-16(15)27-19(21)20-14;/h2-8,10H,9H2,1H3,(H,22,23);1H. The number of carbonyl (C=O) groups is 2. The van der Waals surface area contributed by atoms with Crippen molar-refractivity contribution in [1.29, 1.82) is 0 Å². The van der Waals surface area contributed by atoms with Crippen molar-refractivity contribution < 1.29 is 24.2 Å². The van der Waals surface area contributed by atoms with Crippen molar-refractivity contribution in [2.75, 3.05) is 7.11 Å². The summed E-state index contributed by atoms with van der Waals surface area (Å²) in [4.78, 5) is 27.6. The largest absolute Gasteiger partial charge is 0.497 e. The van der Waals surface area contributed by atoms with E-state index in [1.807, 2.05) is 40.9 Å². The second-order valence-corrected chi connectivity index (χ2v) is 6.79. The number of rotatable bonds is 5. The lowest BCUT2D eigenvalue weighted by Gasteiger charge is -2.03. The van der Waals surface area contributed by atoms with Crippen LogP contribution in [0.3, 0.4) is 0 Å². The maximum absolute atomic E-state index is 11.6. The number of benzene rings is 2. The minimum absolute atomic E-state index is 0. The van der Waals surface area contributed by atoms with E-state index in [0.29, 0.717) is 5.75 Å². The quantitative estimate of drug-likeness (QED) is 0.299. The number of imidazole rings is 1. The van der Waals surface area contributed by atoms with E-state index < -0.39 is 18.4 Å². The zero-order valence-electron chi connectivity index (χ0n) is 14.6. The first kappa shape index (κ1) is 19.7. The Labute approximate surface area is 169 Å². The van der Waals surface area contributed by atoms with Crippen LogP contribution in [0.1, 0.15) is 6.42 Å². The van der Waals surface area contributed by atoms with Gasteiger partial charge in [0.2, 0.25) is 0 Å². The second kappa shape index (κ2) is 7.87. The summed E-state index contributed by atoms with van der Waals surface area (Å²) in [6.07, 6.45) is 1.24. The molecule has 0 atom stereocenters. The number of halogens is 1. The number of nitrogens with zero attached hydrogens (tertiary/aromatic N) is 2. The van der Waals surface area contributed by atoms with E-state index in [9.17, 15) is 9.59 Å². The molecule has 0 aliphatic carbocycles. The Kier molecular flexibility index (Phi) is 5.53. The van der Waals surface area contributed by atoms with Crippen molar-refractivity contribution in [1.82, 2.24) is 9.38 Å². The van der Waals surface area contributed by atoms with Gasteiger partial charge < -0.3 is 14.6 Å². The van der Waals surface area contributed by atoms with Gasteiger partial charge in [0.1, 0.15) is 17.9 Å². The molecule has 0 saturated carbocycles. The Morgan fingerprint density at radius 2 is 1.86 bits per heavy atom. The molecule has 0 saturated heterocycles. The lowest BCUT2D eigenvalue weighted by atomic mass is 10.2. The molecule has 1 N–H and O–H groups in total. The third-order valence-corrected chi connectivity index (χ3v) is 5.01. The Morgan fingerprint density at radius 1 is 1.14 bits per heavy atom. The van der Waals surface area contributed by atoms with Crippen LogP contribution in [0.4, 0.5) is 0 Å². The topological polar surface area (TPSA) is 90.1 Å². The third kappa shape index (κ3) is 3.78. The van der Waals surface area contributed by atoms with Crippen LogP contribution in [0.5, 0.6) is 11.5 Å². The number of aliphatic carboxylic acids is 1. The molecule has 28 heavy (non-hydrogen) atoms. The Balaban J connectivity index is 0.00000225. The van der Waals surface area contributed by atoms with Gasteiger partial charge in [0, 0.05) is 17.8 Å². The average Bonchev–Trinajstić information content (AvgIpc) is 3.19. The fraction of sp³-hybridized carbons (Fsp3) is 0.105. The normalized spacial score (nSPS) is 10.6. The molecule has 144 valence electrons. The minimum atomic E-state index is -1.22. The summed E-state index contributed by atoms with van der Waals surface area (Å²) in [5.41, 5.74) is 2.62. The van der Waals surface area contributed by atoms with Gasteiger partial charge in [-0.25, -0.2) is 4.98 Å². The van der Waals surface area contributed by atoms with Gasteiger partial charge in [0.25, 0.3) is 0 Å². The molecule has 0 spiro atoms. The van der Waals surface area contributed by atoms with E-state index in [-0.39, 0.29) is 12.4 Å². The van der Waals surface area contributed by atoms with Crippen molar-refractivity contribution in [2.45, 2.75) is 6.42 Å². The van der Waals surface area contributed by atoms with Gasteiger partial charge in [-0.3, -0.25) is 14.0 Å². The predicted molar refractivity (Wildman–Crippen MR) is 108 cm³/mol. The molecule has 0 aliphatic heterocycles. The summed E-state index contributed by atoms with van der Waals surface area (Å²) in [7, 11) is 1.62. The van der Waals surface area contributed by atoms with E-state index in [4.69, 9.17) is 14.6 Å². The maximum Gasteiger partial charge on any atom is 0.322 e. The molecule has 7 nitrogen and oxygen atoms in total. The highest BCUT2D eigenvalue weighted by Gasteiger charge is 2.14. The van der Waals surface area contributed by atoms with Gasteiger partial charge in [-0.2, -0.15) is 0 Å². The maximum atomic E-state index is 11.6.